The van der Waals surface area contributed by atoms with Crippen LogP contribution < -0.4 is 16.0 Å². The van der Waals surface area contributed by atoms with Gasteiger partial charge in [-0.3, -0.25) is 19.7 Å². The van der Waals surface area contributed by atoms with Gasteiger partial charge in [0.05, 0.1) is 11.5 Å². The number of hydrogen-bond donors (Lipinski definition) is 3. The van der Waals surface area contributed by atoms with E-state index < -0.39 is 24.0 Å². The number of carbonyl (C=O) groups is 4. The molecule has 8 nitrogen and oxygen atoms in total. The minimum atomic E-state index is -1.13. The number of halogens is 1. The molecule has 148 valence electrons. The molecule has 0 spiro atoms. The van der Waals surface area contributed by atoms with Gasteiger partial charge >= 0.3 is 12.0 Å². The molecule has 1 rings (SSSR count). The van der Waals surface area contributed by atoms with Gasteiger partial charge in [-0.25, -0.2) is 4.79 Å². The topological polar surface area (TPSA) is 114 Å². The largest absolute Gasteiger partial charge is 0.452 e. The maximum absolute atomic E-state index is 11.8. The van der Waals surface area contributed by atoms with Crippen LogP contribution >= 0.6 is 23.4 Å². The third-order valence-corrected chi connectivity index (χ3v) is 4.07. The SMILES string of the molecule is CC(C)NC(=O)NC(=O)[C@H](C)OC(=O)CSCC(=O)Nc1ccc(Cl)cc1. The fraction of sp³-hybridized carbons (Fsp3) is 0.412. The van der Waals surface area contributed by atoms with Crippen LogP contribution in [0, 0.1) is 0 Å². The Hall–Kier alpha value is -2.26. The number of hydrogen-bond acceptors (Lipinski definition) is 6. The van der Waals surface area contributed by atoms with Crippen LogP contribution in [0.3, 0.4) is 0 Å². The number of urea groups is 1. The van der Waals surface area contributed by atoms with Crippen molar-refractivity contribution in [2.45, 2.75) is 32.9 Å². The number of nitrogens with one attached hydrogen (secondary N) is 3. The minimum absolute atomic E-state index is 0.0368. The van der Waals surface area contributed by atoms with E-state index in [2.05, 4.69) is 16.0 Å². The fourth-order valence-corrected chi connectivity index (χ4v) is 2.47. The molecule has 4 amide bonds. The van der Waals surface area contributed by atoms with E-state index in [-0.39, 0.29) is 23.5 Å². The summed E-state index contributed by atoms with van der Waals surface area (Å²) in [6.07, 6.45) is -1.13. The third-order valence-electron chi connectivity index (χ3n) is 2.91. The van der Waals surface area contributed by atoms with Crippen LogP contribution in [-0.4, -0.2) is 47.5 Å². The van der Waals surface area contributed by atoms with Gasteiger partial charge in [0, 0.05) is 16.8 Å². The number of ether oxygens (including phenoxy) is 1. The number of amides is 4. The fourth-order valence-electron chi connectivity index (χ4n) is 1.75. The van der Waals surface area contributed by atoms with Crippen LogP contribution in [0.25, 0.3) is 0 Å². The summed E-state index contributed by atoms with van der Waals surface area (Å²) in [5.41, 5.74) is 0.595. The lowest BCUT2D eigenvalue weighted by Crippen LogP contribution is -2.46. The highest BCUT2D eigenvalue weighted by Gasteiger charge is 2.20. The van der Waals surface area contributed by atoms with Gasteiger partial charge in [-0.2, -0.15) is 0 Å². The van der Waals surface area contributed by atoms with E-state index in [1.165, 1.54) is 6.92 Å². The molecule has 27 heavy (non-hydrogen) atoms. The molecular formula is C17H22ClN3O5S. The Balaban J connectivity index is 2.27. The van der Waals surface area contributed by atoms with E-state index in [1.807, 2.05) is 0 Å². The van der Waals surface area contributed by atoms with Crippen LogP contribution in [-0.2, 0) is 19.1 Å². The zero-order valence-electron chi connectivity index (χ0n) is 15.2. The summed E-state index contributed by atoms with van der Waals surface area (Å²) in [6.45, 7) is 4.84. The van der Waals surface area contributed by atoms with Gasteiger partial charge in [-0.15, -0.1) is 11.8 Å². The molecule has 3 N–H and O–H groups in total. The number of thioether (sulfide) groups is 1. The molecule has 0 heterocycles. The van der Waals surface area contributed by atoms with Gasteiger partial charge in [0.25, 0.3) is 5.91 Å². The highest BCUT2D eigenvalue weighted by molar-refractivity contribution is 8.00. The maximum Gasteiger partial charge on any atom is 0.321 e. The molecule has 0 aliphatic heterocycles. The van der Waals surface area contributed by atoms with Crippen molar-refractivity contribution in [2.75, 3.05) is 16.8 Å². The van der Waals surface area contributed by atoms with Gasteiger partial charge in [-0.05, 0) is 45.0 Å². The summed E-state index contributed by atoms with van der Waals surface area (Å²) in [6, 6.07) is 5.83. The smallest absolute Gasteiger partial charge is 0.321 e. The Labute approximate surface area is 166 Å². The van der Waals surface area contributed by atoms with E-state index >= 15 is 0 Å². The zero-order valence-corrected chi connectivity index (χ0v) is 16.8. The quantitative estimate of drug-likeness (QED) is 0.561. The minimum Gasteiger partial charge on any atom is -0.452 e. The number of carbonyl (C=O) groups excluding carboxylic acids is 4. The summed E-state index contributed by atoms with van der Waals surface area (Å²) in [7, 11) is 0. The number of benzene rings is 1. The average molecular weight is 416 g/mol. The lowest BCUT2D eigenvalue weighted by Gasteiger charge is -2.14. The highest BCUT2D eigenvalue weighted by Crippen LogP contribution is 2.14. The Morgan fingerprint density at radius 1 is 1.07 bits per heavy atom. The zero-order chi connectivity index (χ0) is 20.4. The molecule has 0 aliphatic rings. The molecule has 0 saturated heterocycles. The first-order valence-electron chi connectivity index (χ1n) is 8.11. The Morgan fingerprint density at radius 2 is 1.70 bits per heavy atom. The number of imide groups is 1. The molecular weight excluding hydrogens is 394 g/mol. The Kier molecular flexibility index (Phi) is 9.66. The van der Waals surface area contributed by atoms with Crippen molar-refractivity contribution in [3.63, 3.8) is 0 Å². The predicted molar refractivity (Wildman–Crippen MR) is 105 cm³/mol. The van der Waals surface area contributed by atoms with Crippen LogP contribution in [0.2, 0.25) is 5.02 Å². The van der Waals surface area contributed by atoms with Crippen LogP contribution in [0.5, 0.6) is 0 Å². The van der Waals surface area contributed by atoms with Crippen molar-refractivity contribution in [1.29, 1.82) is 0 Å². The molecule has 0 aliphatic carbocycles. The molecule has 0 unspecified atom stereocenters. The molecule has 1 aromatic carbocycles. The molecule has 0 saturated carbocycles. The monoisotopic (exact) mass is 415 g/mol. The Morgan fingerprint density at radius 3 is 2.30 bits per heavy atom. The molecule has 10 heteroatoms. The lowest BCUT2D eigenvalue weighted by molar-refractivity contribution is -0.151. The first-order valence-corrected chi connectivity index (χ1v) is 9.64. The summed E-state index contributed by atoms with van der Waals surface area (Å²) < 4.78 is 4.93. The van der Waals surface area contributed by atoms with Gasteiger partial charge in [0.15, 0.2) is 6.10 Å². The first kappa shape index (κ1) is 22.8. The normalized spacial score (nSPS) is 11.4. The second-order valence-electron chi connectivity index (χ2n) is 5.80. The van der Waals surface area contributed by atoms with E-state index in [4.69, 9.17) is 16.3 Å². The van der Waals surface area contributed by atoms with Crippen molar-refractivity contribution < 1.29 is 23.9 Å². The van der Waals surface area contributed by atoms with Gasteiger partial charge in [-0.1, -0.05) is 11.6 Å². The van der Waals surface area contributed by atoms with Crippen molar-refractivity contribution >= 4 is 52.9 Å². The van der Waals surface area contributed by atoms with Gasteiger partial charge in [0.1, 0.15) is 0 Å². The summed E-state index contributed by atoms with van der Waals surface area (Å²) in [5, 5.41) is 7.78. The summed E-state index contributed by atoms with van der Waals surface area (Å²) in [5.74, 6) is -1.75. The summed E-state index contributed by atoms with van der Waals surface area (Å²) >= 11 is 6.81. The lowest BCUT2D eigenvalue weighted by atomic mass is 10.3. The van der Waals surface area contributed by atoms with Crippen molar-refractivity contribution in [2.24, 2.45) is 0 Å². The molecule has 0 radical (unpaired) electrons. The summed E-state index contributed by atoms with van der Waals surface area (Å²) in [4.78, 5) is 46.7. The number of esters is 1. The van der Waals surface area contributed by atoms with Crippen LogP contribution in [0.15, 0.2) is 24.3 Å². The first-order chi connectivity index (χ1) is 12.7. The Bertz CT molecular complexity index is 682. The van der Waals surface area contributed by atoms with Gasteiger partial charge < -0.3 is 15.4 Å². The third kappa shape index (κ3) is 9.86. The van der Waals surface area contributed by atoms with Crippen molar-refractivity contribution in [3.8, 4) is 0 Å². The van der Waals surface area contributed by atoms with Crippen LogP contribution in [0.4, 0.5) is 10.5 Å². The second kappa shape index (κ2) is 11.5. The van der Waals surface area contributed by atoms with E-state index in [1.54, 1.807) is 38.1 Å². The number of anilines is 1. The van der Waals surface area contributed by atoms with Crippen molar-refractivity contribution in [3.05, 3.63) is 29.3 Å². The van der Waals surface area contributed by atoms with E-state index in [0.29, 0.717) is 10.7 Å². The second-order valence-corrected chi connectivity index (χ2v) is 7.22. The van der Waals surface area contributed by atoms with E-state index in [0.717, 1.165) is 11.8 Å². The van der Waals surface area contributed by atoms with E-state index in [9.17, 15) is 19.2 Å². The van der Waals surface area contributed by atoms with Gasteiger partial charge in [0.2, 0.25) is 5.91 Å². The predicted octanol–water partition coefficient (Wildman–Crippen LogP) is 2.18. The molecule has 0 aromatic heterocycles. The molecule has 0 fully saturated rings. The van der Waals surface area contributed by atoms with Crippen molar-refractivity contribution in [1.82, 2.24) is 10.6 Å². The highest BCUT2D eigenvalue weighted by atomic mass is 35.5. The molecule has 1 atom stereocenters. The maximum atomic E-state index is 11.8. The molecule has 0 bridgehead atoms. The molecule has 1 aromatic rings. The van der Waals surface area contributed by atoms with Crippen LogP contribution in [0.1, 0.15) is 20.8 Å². The number of rotatable bonds is 8. The average Bonchev–Trinajstić information content (AvgIpc) is 2.56. The standard InChI is InChI=1S/C17H22ClN3O5S/c1-10(2)19-17(25)21-16(24)11(3)26-15(23)9-27-8-14(22)20-13-6-4-12(18)5-7-13/h4-7,10-11H,8-9H2,1-3H3,(H,20,22)(H2,19,21,24,25)/t11-/m0/s1.